The summed E-state index contributed by atoms with van der Waals surface area (Å²) in [5.74, 6) is 1.35. The van der Waals surface area contributed by atoms with Crippen LogP contribution in [0.4, 0.5) is 5.69 Å². The monoisotopic (exact) mass is 273 g/mol. The average Bonchev–Trinajstić information content (AvgIpc) is 2.85. The first-order chi connectivity index (χ1) is 9.33. The summed E-state index contributed by atoms with van der Waals surface area (Å²) in [6, 6.07) is 7.89. The number of fused-ring (bicyclic) bond motifs is 1. The molecule has 1 aliphatic rings. The van der Waals surface area contributed by atoms with Gasteiger partial charge in [-0.3, -0.25) is 5.41 Å². The van der Waals surface area contributed by atoms with Crippen molar-refractivity contribution in [3.63, 3.8) is 0 Å². The second kappa shape index (κ2) is 5.42. The zero-order valence-corrected chi connectivity index (χ0v) is 11.2. The van der Waals surface area contributed by atoms with Crippen molar-refractivity contribution in [2.45, 2.75) is 6.54 Å². The molecule has 0 amide bonds. The van der Waals surface area contributed by atoms with Crippen LogP contribution in [-0.2, 0) is 6.54 Å². The standard InChI is InChI=1S/C14H15N3OS/c15-14(10-3-6-19-9-10)17-12-1-2-13-11(7-12)8-16-4-5-18-13/h1-3,6-7,9,16H,4-5,8H2,(H2,15,17). The largest absolute Gasteiger partial charge is 0.492 e. The smallest absolute Gasteiger partial charge is 0.130 e. The SMILES string of the molecule is N=C(Nc1ccc2c(c1)CNCCO2)c1ccsc1. The van der Waals surface area contributed by atoms with E-state index in [1.807, 2.05) is 35.0 Å². The van der Waals surface area contributed by atoms with Gasteiger partial charge in [0.1, 0.15) is 18.2 Å². The van der Waals surface area contributed by atoms with Crippen molar-refractivity contribution in [2.75, 3.05) is 18.5 Å². The summed E-state index contributed by atoms with van der Waals surface area (Å²) in [6.07, 6.45) is 0. The van der Waals surface area contributed by atoms with Gasteiger partial charge in [-0.1, -0.05) is 0 Å². The lowest BCUT2D eigenvalue weighted by Gasteiger charge is -2.11. The minimum atomic E-state index is 0.420. The Balaban J connectivity index is 1.78. The van der Waals surface area contributed by atoms with Crippen LogP contribution < -0.4 is 15.4 Å². The molecule has 0 saturated heterocycles. The van der Waals surface area contributed by atoms with Crippen LogP contribution in [0.5, 0.6) is 5.75 Å². The molecule has 2 aromatic rings. The summed E-state index contributed by atoms with van der Waals surface area (Å²) in [5, 5.41) is 18.4. The molecular formula is C14H15N3OS. The fourth-order valence-electron chi connectivity index (χ4n) is 2.02. The summed E-state index contributed by atoms with van der Waals surface area (Å²) in [5.41, 5.74) is 2.96. The maximum atomic E-state index is 8.02. The third-order valence-electron chi connectivity index (χ3n) is 2.99. The quantitative estimate of drug-likeness (QED) is 0.582. The Morgan fingerprint density at radius 1 is 1.37 bits per heavy atom. The van der Waals surface area contributed by atoms with Crippen LogP contribution in [0.2, 0.25) is 0 Å². The molecule has 0 spiro atoms. The summed E-state index contributed by atoms with van der Waals surface area (Å²) in [4.78, 5) is 0. The second-order valence-corrected chi connectivity index (χ2v) is 5.14. The minimum absolute atomic E-state index is 0.420. The number of benzene rings is 1. The lowest BCUT2D eigenvalue weighted by atomic mass is 10.1. The Morgan fingerprint density at radius 3 is 3.16 bits per heavy atom. The Hall–Kier alpha value is -1.85. The van der Waals surface area contributed by atoms with Gasteiger partial charge in [0.2, 0.25) is 0 Å². The Labute approximate surface area is 115 Å². The van der Waals surface area contributed by atoms with Gasteiger partial charge in [-0.2, -0.15) is 11.3 Å². The molecule has 0 saturated carbocycles. The number of thiophene rings is 1. The highest BCUT2D eigenvalue weighted by Crippen LogP contribution is 2.24. The molecule has 0 bridgehead atoms. The van der Waals surface area contributed by atoms with Crippen molar-refractivity contribution < 1.29 is 4.74 Å². The van der Waals surface area contributed by atoms with Crippen molar-refractivity contribution in [3.05, 3.63) is 46.2 Å². The van der Waals surface area contributed by atoms with Crippen molar-refractivity contribution in [2.24, 2.45) is 0 Å². The van der Waals surface area contributed by atoms with E-state index in [0.717, 1.165) is 35.7 Å². The van der Waals surface area contributed by atoms with E-state index in [1.54, 1.807) is 11.3 Å². The molecule has 98 valence electrons. The van der Waals surface area contributed by atoms with Crippen LogP contribution in [-0.4, -0.2) is 19.0 Å². The summed E-state index contributed by atoms with van der Waals surface area (Å²) in [6.45, 7) is 2.36. The molecule has 0 atom stereocenters. The first-order valence-corrected chi connectivity index (χ1v) is 7.12. The van der Waals surface area contributed by atoms with E-state index < -0.39 is 0 Å². The lowest BCUT2D eigenvalue weighted by Crippen LogP contribution is -2.16. The zero-order valence-electron chi connectivity index (χ0n) is 10.4. The van der Waals surface area contributed by atoms with Gasteiger partial charge in [0.05, 0.1) is 0 Å². The molecule has 3 N–H and O–H groups in total. The van der Waals surface area contributed by atoms with Gasteiger partial charge in [-0.05, 0) is 29.6 Å². The van der Waals surface area contributed by atoms with Crippen LogP contribution in [0.15, 0.2) is 35.0 Å². The molecule has 1 aliphatic heterocycles. The summed E-state index contributed by atoms with van der Waals surface area (Å²) in [7, 11) is 0. The third-order valence-corrected chi connectivity index (χ3v) is 3.67. The highest BCUT2D eigenvalue weighted by molar-refractivity contribution is 7.08. The number of nitrogens with one attached hydrogen (secondary N) is 3. The molecule has 3 rings (SSSR count). The predicted molar refractivity (Wildman–Crippen MR) is 78.4 cm³/mol. The molecular weight excluding hydrogens is 258 g/mol. The zero-order chi connectivity index (χ0) is 13.1. The average molecular weight is 273 g/mol. The molecule has 0 unspecified atom stereocenters. The van der Waals surface area contributed by atoms with Crippen molar-refractivity contribution >= 4 is 22.9 Å². The maximum absolute atomic E-state index is 8.02. The molecule has 1 aromatic carbocycles. The summed E-state index contributed by atoms with van der Waals surface area (Å²) < 4.78 is 5.64. The van der Waals surface area contributed by atoms with Gasteiger partial charge in [0.15, 0.2) is 0 Å². The van der Waals surface area contributed by atoms with Crippen LogP contribution in [0.1, 0.15) is 11.1 Å². The molecule has 0 fully saturated rings. The number of anilines is 1. The topological polar surface area (TPSA) is 57.1 Å². The van der Waals surface area contributed by atoms with Crippen LogP contribution in [0, 0.1) is 5.41 Å². The van der Waals surface area contributed by atoms with Gasteiger partial charge in [0, 0.05) is 35.3 Å². The Bertz CT molecular complexity index is 580. The molecule has 5 heteroatoms. The molecule has 2 heterocycles. The first kappa shape index (κ1) is 12.2. The number of hydrogen-bond acceptors (Lipinski definition) is 4. The fraction of sp³-hybridized carbons (Fsp3) is 0.214. The van der Waals surface area contributed by atoms with Gasteiger partial charge in [-0.25, -0.2) is 0 Å². The second-order valence-electron chi connectivity index (χ2n) is 4.36. The Kier molecular flexibility index (Phi) is 3.48. The first-order valence-electron chi connectivity index (χ1n) is 6.17. The van der Waals surface area contributed by atoms with E-state index in [-0.39, 0.29) is 0 Å². The molecule has 0 radical (unpaired) electrons. The highest BCUT2D eigenvalue weighted by Gasteiger charge is 2.10. The van der Waals surface area contributed by atoms with E-state index in [4.69, 9.17) is 10.1 Å². The number of hydrogen-bond donors (Lipinski definition) is 3. The lowest BCUT2D eigenvalue weighted by molar-refractivity contribution is 0.326. The van der Waals surface area contributed by atoms with Gasteiger partial charge < -0.3 is 15.4 Å². The Morgan fingerprint density at radius 2 is 2.32 bits per heavy atom. The molecule has 4 nitrogen and oxygen atoms in total. The van der Waals surface area contributed by atoms with E-state index in [9.17, 15) is 0 Å². The predicted octanol–water partition coefficient (Wildman–Crippen LogP) is 2.67. The number of rotatable bonds is 2. The van der Waals surface area contributed by atoms with Crippen LogP contribution in [0.25, 0.3) is 0 Å². The van der Waals surface area contributed by atoms with E-state index in [1.165, 1.54) is 0 Å². The number of amidine groups is 1. The van der Waals surface area contributed by atoms with Crippen molar-refractivity contribution in [1.82, 2.24) is 5.32 Å². The van der Waals surface area contributed by atoms with E-state index >= 15 is 0 Å². The van der Waals surface area contributed by atoms with Crippen LogP contribution in [0.3, 0.4) is 0 Å². The molecule has 1 aromatic heterocycles. The van der Waals surface area contributed by atoms with Crippen LogP contribution >= 0.6 is 11.3 Å². The van der Waals surface area contributed by atoms with Gasteiger partial charge in [0.25, 0.3) is 0 Å². The number of ether oxygens (including phenoxy) is 1. The normalized spacial score (nSPS) is 14.1. The minimum Gasteiger partial charge on any atom is -0.492 e. The van der Waals surface area contributed by atoms with E-state index in [2.05, 4.69) is 10.6 Å². The third kappa shape index (κ3) is 2.77. The van der Waals surface area contributed by atoms with Gasteiger partial charge >= 0.3 is 0 Å². The highest BCUT2D eigenvalue weighted by atomic mass is 32.1. The molecule has 19 heavy (non-hydrogen) atoms. The van der Waals surface area contributed by atoms with Gasteiger partial charge in [-0.15, -0.1) is 0 Å². The maximum Gasteiger partial charge on any atom is 0.130 e. The molecule has 0 aliphatic carbocycles. The summed E-state index contributed by atoms with van der Waals surface area (Å²) >= 11 is 1.59. The van der Waals surface area contributed by atoms with Crippen molar-refractivity contribution in [3.8, 4) is 5.75 Å². The van der Waals surface area contributed by atoms with E-state index in [0.29, 0.717) is 12.4 Å². The van der Waals surface area contributed by atoms with Crippen molar-refractivity contribution in [1.29, 1.82) is 5.41 Å². The fourth-order valence-corrected chi connectivity index (χ4v) is 2.66.